The third kappa shape index (κ3) is 2.47. The summed E-state index contributed by atoms with van der Waals surface area (Å²) in [7, 11) is 0. The minimum Gasteiger partial charge on any atom is -0.481 e. The topological polar surface area (TPSA) is 37.3 Å². The van der Waals surface area contributed by atoms with E-state index in [1.165, 1.54) is 37.7 Å². The van der Waals surface area contributed by atoms with Crippen LogP contribution in [-0.2, 0) is 4.79 Å². The first-order chi connectivity index (χ1) is 11.0. The molecule has 1 N–H and O–H groups in total. The van der Waals surface area contributed by atoms with Gasteiger partial charge in [0.25, 0.3) is 0 Å². The molecule has 0 aromatic carbocycles. The Labute approximate surface area is 148 Å². The molecule has 4 aliphatic rings. The smallest absolute Gasteiger partial charge is 0.303 e. The maximum atomic E-state index is 10.8. The SMILES string of the molecule is C=C1C2CCC(C2)C1(C)C.CC1(C)C2CCC1(C)C(CC(=O)O)C2. The second-order valence-corrected chi connectivity index (χ2v) is 10.4. The number of hydrogen-bond acceptors (Lipinski definition) is 1. The van der Waals surface area contributed by atoms with Crippen LogP contribution in [0.25, 0.3) is 0 Å². The molecule has 0 radical (unpaired) electrons. The molecule has 0 spiro atoms. The van der Waals surface area contributed by atoms with Crippen LogP contribution in [0, 0.1) is 39.9 Å². The van der Waals surface area contributed by atoms with Crippen molar-refractivity contribution >= 4 is 5.97 Å². The van der Waals surface area contributed by atoms with Crippen molar-refractivity contribution in [1.29, 1.82) is 0 Å². The Kier molecular flexibility index (Phi) is 4.21. The number of aliphatic carboxylic acids is 1. The van der Waals surface area contributed by atoms with Crippen LogP contribution < -0.4 is 0 Å². The number of rotatable bonds is 2. The molecular weight excluding hydrogens is 296 g/mol. The predicted molar refractivity (Wildman–Crippen MR) is 98.7 cm³/mol. The lowest BCUT2D eigenvalue weighted by molar-refractivity contribution is -0.139. The quantitative estimate of drug-likeness (QED) is 0.637. The number of allylic oxidation sites excluding steroid dienone is 1. The van der Waals surface area contributed by atoms with E-state index in [0.29, 0.717) is 23.2 Å². The molecule has 0 aromatic heterocycles. The van der Waals surface area contributed by atoms with Crippen LogP contribution in [-0.4, -0.2) is 11.1 Å². The summed E-state index contributed by atoms with van der Waals surface area (Å²) in [5.41, 5.74) is 2.63. The molecule has 0 aromatic rings. The molecule has 5 unspecified atom stereocenters. The van der Waals surface area contributed by atoms with Crippen molar-refractivity contribution in [3.63, 3.8) is 0 Å². The van der Waals surface area contributed by atoms with Crippen molar-refractivity contribution in [2.75, 3.05) is 0 Å². The van der Waals surface area contributed by atoms with Gasteiger partial charge in [0, 0.05) is 6.42 Å². The minimum absolute atomic E-state index is 0.274. The maximum Gasteiger partial charge on any atom is 0.303 e. The number of carboxylic acid groups (broad SMARTS) is 1. The molecule has 0 saturated heterocycles. The first-order valence-electron chi connectivity index (χ1n) is 9.91. The summed E-state index contributed by atoms with van der Waals surface area (Å²) in [5.74, 6) is 2.40. The Morgan fingerprint density at radius 3 is 2.08 bits per heavy atom. The van der Waals surface area contributed by atoms with E-state index in [1.54, 1.807) is 0 Å². The fourth-order valence-electron chi connectivity index (χ4n) is 6.63. The molecule has 0 amide bonds. The fraction of sp³-hybridized carbons (Fsp3) is 0.864. The molecule has 4 saturated carbocycles. The van der Waals surface area contributed by atoms with Gasteiger partial charge >= 0.3 is 5.97 Å². The van der Waals surface area contributed by atoms with E-state index in [9.17, 15) is 4.79 Å². The molecule has 4 fully saturated rings. The molecule has 5 atom stereocenters. The summed E-state index contributed by atoms with van der Waals surface area (Å²) < 4.78 is 0. The van der Waals surface area contributed by atoms with Crippen LogP contribution in [0.5, 0.6) is 0 Å². The summed E-state index contributed by atoms with van der Waals surface area (Å²) in [6, 6.07) is 0. The van der Waals surface area contributed by atoms with Crippen molar-refractivity contribution in [3.8, 4) is 0 Å². The van der Waals surface area contributed by atoms with E-state index in [2.05, 4.69) is 41.2 Å². The van der Waals surface area contributed by atoms with Crippen molar-refractivity contribution in [2.24, 2.45) is 39.9 Å². The van der Waals surface area contributed by atoms with Crippen LogP contribution in [0.2, 0.25) is 0 Å². The normalized spacial score (nSPS) is 43.6. The number of hydrogen-bond donors (Lipinski definition) is 1. The zero-order valence-corrected chi connectivity index (χ0v) is 16.3. The van der Waals surface area contributed by atoms with Crippen LogP contribution in [0.4, 0.5) is 0 Å². The molecule has 4 rings (SSSR count). The zero-order valence-electron chi connectivity index (χ0n) is 16.3. The van der Waals surface area contributed by atoms with Gasteiger partial charge in [-0.2, -0.15) is 0 Å². The highest BCUT2D eigenvalue weighted by atomic mass is 16.4. The van der Waals surface area contributed by atoms with Crippen LogP contribution in [0.15, 0.2) is 12.2 Å². The van der Waals surface area contributed by atoms with Gasteiger partial charge in [0.1, 0.15) is 0 Å². The van der Waals surface area contributed by atoms with Gasteiger partial charge in [-0.25, -0.2) is 0 Å². The third-order valence-corrected chi connectivity index (χ3v) is 9.17. The van der Waals surface area contributed by atoms with E-state index in [4.69, 9.17) is 5.11 Å². The Bertz CT molecular complexity index is 544. The first kappa shape index (κ1) is 18.0. The van der Waals surface area contributed by atoms with E-state index in [1.807, 2.05) is 0 Å². The molecule has 24 heavy (non-hydrogen) atoms. The maximum absolute atomic E-state index is 10.8. The van der Waals surface area contributed by atoms with Crippen LogP contribution in [0.3, 0.4) is 0 Å². The summed E-state index contributed by atoms with van der Waals surface area (Å²) >= 11 is 0. The van der Waals surface area contributed by atoms with Gasteiger partial charge in [0.05, 0.1) is 0 Å². The average Bonchev–Trinajstić information content (AvgIpc) is 3.14. The van der Waals surface area contributed by atoms with Gasteiger partial charge < -0.3 is 5.11 Å². The number of fused-ring (bicyclic) bond motifs is 4. The third-order valence-electron chi connectivity index (χ3n) is 9.17. The van der Waals surface area contributed by atoms with Gasteiger partial charge in [0.2, 0.25) is 0 Å². The second-order valence-electron chi connectivity index (χ2n) is 10.4. The zero-order chi connectivity index (χ0) is 17.9. The van der Waals surface area contributed by atoms with Crippen molar-refractivity contribution in [2.45, 2.75) is 79.6 Å². The Balaban J connectivity index is 0.000000149. The summed E-state index contributed by atoms with van der Waals surface area (Å²) in [6.45, 7) is 15.9. The predicted octanol–water partition coefficient (Wildman–Crippen LogP) is 5.92. The average molecular weight is 333 g/mol. The van der Waals surface area contributed by atoms with E-state index in [0.717, 1.165) is 24.2 Å². The first-order valence-corrected chi connectivity index (χ1v) is 9.91. The minimum atomic E-state index is -0.625. The van der Waals surface area contributed by atoms with E-state index in [-0.39, 0.29) is 5.41 Å². The lowest BCUT2D eigenvalue weighted by Crippen LogP contribution is -2.33. The highest BCUT2D eigenvalue weighted by Crippen LogP contribution is 2.68. The summed E-state index contributed by atoms with van der Waals surface area (Å²) in [4.78, 5) is 10.8. The lowest BCUT2D eigenvalue weighted by atomic mass is 9.66. The van der Waals surface area contributed by atoms with Gasteiger partial charge in [0.15, 0.2) is 0 Å². The van der Waals surface area contributed by atoms with E-state index >= 15 is 0 Å². The van der Waals surface area contributed by atoms with Crippen molar-refractivity contribution < 1.29 is 9.90 Å². The highest BCUT2D eigenvalue weighted by molar-refractivity contribution is 5.67. The molecular formula is C22H36O2. The van der Waals surface area contributed by atoms with Crippen LogP contribution in [0.1, 0.15) is 79.6 Å². The molecule has 0 aliphatic heterocycles. The molecule has 4 aliphatic carbocycles. The summed E-state index contributed by atoms with van der Waals surface area (Å²) in [6.07, 6.45) is 8.35. The van der Waals surface area contributed by atoms with E-state index < -0.39 is 5.97 Å². The summed E-state index contributed by atoms with van der Waals surface area (Å²) in [5, 5.41) is 8.89. The van der Waals surface area contributed by atoms with Crippen LogP contribution >= 0.6 is 0 Å². The standard InChI is InChI=1S/C12H20O2.C10H16/c1-11(2)8-4-5-12(11,3)9(6-8)7-10(13)14;1-7-8-4-5-9(6-8)10(7,2)3/h8-9H,4-7H2,1-3H3,(H,13,14);8-9H,1,4-6H2,2-3H3. The van der Waals surface area contributed by atoms with Crippen molar-refractivity contribution in [1.82, 2.24) is 0 Å². The second kappa shape index (κ2) is 5.61. The van der Waals surface area contributed by atoms with Crippen molar-refractivity contribution in [3.05, 3.63) is 12.2 Å². The fourth-order valence-corrected chi connectivity index (χ4v) is 6.63. The Hall–Kier alpha value is -0.790. The molecule has 136 valence electrons. The number of carboxylic acids is 1. The molecule has 2 heteroatoms. The Morgan fingerprint density at radius 1 is 1.08 bits per heavy atom. The largest absolute Gasteiger partial charge is 0.481 e. The highest BCUT2D eigenvalue weighted by Gasteiger charge is 2.61. The lowest BCUT2D eigenvalue weighted by Gasteiger charge is -2.38. The monoisotopic (exact) mass is 332 g/mol. The van der Waals surface area contributed by atoms with Gasteiger partial charge in [-0.05, 0) is 78.4 Å². The van der Waals surface area contributed by atoms with Gasteiger partial charge in [-0.1, -0.05) is 46.8 Å². The molecule has 4 bridgehead atoms. The number of carbonyl (C=O) groups is 1. The Morgan fingerprint density at radius 2 is 1.75 bits per heavy atom. The molecule has 2 nitrogen and oxygen atoms in total. The molecule has 0 heterocycles. The van der Waals surface area contributed by atoms with Gasteiger partial charge in [-0.15, -0.1) is 0 Å². The van der Waals surface area contributed by atoms with Gasteiger partial charge in [-0.3, -0.25) is 4.79 Å².